The Morgan fingerprint density at radius 2 is 2.43 bits per heavy atom. The molecule has 0 spiro atoms. The highest BCUT2D eigenvalue weighted by Gasteiger charge is 2.19. The maximum Gasteiger partial charge on any atom is 0.286 e. The highest BCUT2D eigenvalue weighted by Crippen LogP contribution is 2.09. The van der Waals surface area contributed by atoms with E-state index in [1.54, 1.807) is 17.1 Å². The molecule has 4 nitrogen and oxygen atoms in total. The lowest BCUT2D eigenvalue weighted by Gasteiger charge is -2.14. The molecule has 5 heteroatoms. The van der Waals surface area contributed by atoms with Crippen molar-refractivity contribution in [2.24, 2.45) is 0 Å². The smallest absolute Gasteiger partial charge is 0.273 e. The van der Waals surface area contributed by atoms with E-state index in [0.29, 0.717) is 10.7 Å². The summed E-state index contributed by atoms with van der Waals surface area (Å²) in [4.78, 5) is 15.7. The number of carbonyl (C=O) groups excluding carboxylic acids is 1. The van der Waals surface area contributed by atoms with E-state index in [-0.39, 0.29) is 5.91 Å². The van der Waals surface area contributed by atoms with Crippen LogP contribution in [0.1, 0.15) is 16.9 Å². The van der Waals surface area contributed by atoms with Gasteiger partial charge >= 0.3 is 0 Å². The molecular formula is C9H10ClN3O. The minimum absolute atomic E-state index is 0.0980. The SMILES string of the molecule is O=C(c1ccc(Cl)cn1)N1CCCN1. The highest BCUT2D eigenvalue weighted by atomic mass is 35.5. The fourth-order valence-electron chi connectivity index (χ4n) is 1.34. The molecule has 0 bridgehead atoms. The van der Waals surface area contributed by atoms with E-state index in [2.05, 4.69) is 10.4 Å². The van der Waals surface area contributed by atoms with E-state index >= 15 is 0 Å². The third-order valence-electron chi connectivity index (χ3n) is 2.05. The van der Waals surface area contributed by atoms with Crippen LogP contribution >= 0.6 is 11.6 Å². The van der Waals surface area contributed by atoms with Crippen molar-refractivity contribution in [2.75, 3.05) is 13.1 Å². The van der Waals surface area contributed by atoms with Crippen molar-refractivity contribution < 1.29 is 4.79 Å². The molecule has 1 aromatic heterocycles. The average molecular weight is 212 g/mol. The van der Waals surface area contributed by atoms with E-state index in [1.165, 1.54) is 6.20 Å². The number of nitrogens with zero attached hydrogens (tertiary/aromatic N) is 2. The molecule has 2 heterocycles. The van der Waals surface area contributed by atoms with Gasteiger partial charge in [0.15, 0.2) is 0 Å². The first-order valence-corrected chi connectivity index (χ1v) is 4.82. The average Bonchev–Trinajstić information content (AvgIpc) is 2.71. The molecule has 0 atom stereocenters. The van der Waals surface area contributed by atoms with Gasteiger partial charge in [-0.3, -0.25) is 9.80 Å². The van der Waals surface area contributed by atoms with E-state index in [9.17, 15) is 4.79 Å². The van der Waals surface area contributed by atoms with Crippen LogP contribution in [0.2, 0.25) is 5.02 Å². The first-order chi connectivity index (χ1) is 6.77. The molecule has 0 unspecified atom stereocenters. The monoisotopic (exact) mass is 211 g/mol. The first-order valence-electron chi connectivity index (χ1n) is 4.44. The Bertz CT molecular complexity index is 332. The van der Waals surface area contributed by atoms with Crippen molar-refractivity contribution in [3.05, 3.63) is 29.0 Å². The molecule has 14 heavy (non-hydrogen) atoms. The van der Waals surface area contributed by atoms with Gasteiger partial charge in [0.2, 0.25) is 0 Å². The molecule has 0 radical (unpaired) electrons. The lowest BCUT2D eigenvalue weighted by atomic mass is 10.3. The summed E-state index contributed by atoms with van der Waals surface area (Å²) in [6.07, 6.45) is 2.46. The quantitative estimate of drug-likeness (QED) is 0.756. The van der Waals surface area contributed by atoms with Crippen LogP contribution < -0.4 is 5.43 Å². The summed E-state index contributed by atoms with van der Waals surface area (Å²) < 4.78 is 0. The lowest BCUT2D eigenvalue weighted by Crippen LogP contribution is -2.37. The summed E-state index contributed by atoms with van der Waals surface area (Å²) in [6.45, 7) is 1.59. The van der Waals surface area contributed by atoms with E-state index in [4.69, 9.17) is 11.6 Å². The van der Waals surface area contributed by atoms with Crippen molar-refractivity contribution in [1.29, 1.82) is 0 Å². The Labute approximate surface area is 86.8 Å². The van der Waals surface area contributed by atoms with Crippen molar-refractivity contribution in [1.82, 2.24) is 15.4 Å². The fourth-order valence-corrected chi connectivity index (χ4v) is 1.46. The van der Waals surface area contributed by atoms with E-state index < -0.39 is 0 Å². The Kier molecular flexibility index (Phi) is 2.65. The van der Waals surface area contributed by atoms with Crippen LogP contribution in [-0.4, -0.2) is 29.0 Å². The molecule has 1 N–H and O–H groups in total. The maximum absolute atomic E-state index is 11.7. The van der Waals surface area contributed by atoms with Gasteiger partial charge in [0.1, 0.15) is 5.69 Å². The fraction of sp³-hybridized carbons (Fsp3) is 0.333. The molecule has 0 aromatic carbocycles. The first kappa shape index (κ1) is 9.43. The van der Waals surface area contributed by atoms with Crippen LogP contribution in [0.15, 0.2) is 18.3 Å². The normalized spacial score (nSPS) is 15.9. The zero-order valence-electron chi connectivity index (χ0n) is 7.53. The number of amides is 1. The molecule has 1 aliphatic rings. The van der Waals surface area contributed by atoms with Gasteiger partial charge in [-0.1, -0.05) is 11.6 Å². The van der Waals surface area contributed by atoms with Gasteiger partial charge < -0.3 is 0 Å². The number of carbonyl (C=O) groups is 1. The number of halogens is 1. The number of rotatable bonds is 1. The molecule has 1 aromatic rings. The van der Waals surface area contributed by atoms with Crippen LogP contribution in [-0.2, 0) is 0 Å². The van der Waals surface area contributed by atoms with E-state index in [1.807, 2.05) is 0 Å². The Hall–Kier alpha value is -1.13. The van der Waals surface area contributed by atoms with Crippen molar-refractivity contribution in [2.45, 2.75) is 6.42 Å². The lowest BCUT2D eigenvalue weighted by molar-refractivity contribution is 0.0720. The molecule has 1 saturated heterocycles. The third kappa shape index (κ3) is 1.86. The second kappa shape index (κ2) is 3.94. The van der Waals surface area contributed by atoms with Crippen LogP contribution in [0.5, 0.6) is 0 Å². The van der Waals surface area contributed by atoms with Crippen molar-refractivity contribution >= 4 is 17.5 Å². The minimum atomic E-state index is -0.0980. The highest BCUT2D eigenvalue weighted by molar-refractivity contribution is 6.30. The van der Waals surface area contributed by atoms with Gasteiger partial charge in [0.25, 0.3) is 5.91 Å². The Morgan fingerprint density at radius 1 is 1.57 bits per heavy atom. The zero-order chi connectivity index (χ0) is 9.97. The molecule has 1 aliphatic heterocycles. The Balaban J connectivity index is 2.14. The summed E-state index contributed by atoms with van der Waals surface area (Å²) >= 11 is 5.67. The second-order valence-corrected chi connectivity index (χ2v) is 3.52. The minimum Gasteiger partial charge on any atom is -0.273 e. The predicted octanol–water partition coefficient (Wildman–Crippen LogP) is 1.09. The molecular weight excluding hydrogens is 202 g/mol. The largest absolute Gasteiger partial charge is 0.286 e. The second-order valence-electron chi connectivity index (χ2n) is 3.08. The summed E-state index contributed by atoms with van der Waals surface area (Å²) in [5.74, 6) is -0.0980. The topological polar surface area (TPSA) is 45.2 Å². The summed E-state index contributed by atoms with van der Waals surface area (Å²) in [7, 11) is 0. The predicted molar refractivity (Wildman–Crippen MR) is 52.9 cm³/mol. The Morgan fingerprint density at radius 3 is 3.00 bits per heavy atom. The van der Waals surface area contributed by atoms with Crippen LogP contribution in [0.3, 0.4) is 0 Å². The van der Waals surface area contributed by atoms with Gasteiger partial charge in [-0.05, 0) is 18.6 Å². The molecule has 0 aliphatic carbocycles. The van der Waals surface area contributed by atoms with E-state index in [0.717, 1.165) is 19.5 Å². The zero-order valence-corrected chi connectivity index (χ0v) is 8.29. The molecule has 0 saturated carbocycles. The van der Waals surface area contributed by atoms with Crippen molar-refractivity contribution in [3.8, 4) is 0 Å². The number of nitrogens with one attached hydrogen (secondary N) is 1. The van der Waals surface area contributed by atoms with Gasteiger partial charge in [0.05, 0.1) is 5.02 Å². The van der Waals surface area contributed by atoms with Crippen LogP contribution in [0.25, 0.3) is 0 Å². The number of hydrazine groups is 1. The maximum atomic E-state index is 11.7. The molecule has 74 valence electrons. The van der Waals surface area contributed by atoms with Gasteiger partial charge in [-0.15, -0.1) is 0 Å². The van der Waals surface area contributed by atoms with Crippen LogP contribution in [0, 0.1) is 0 Å². The van der Waals surface area contributed by atoms with Gasteiger partial charge in [-0.2, -0.15) is 0 Å². The molecule has 1 fully saturated rings. The summed E-state index contributed by atoms with van der Waals surface area (Å²) in [5.41, 5.74) is 3.40. The standard InChI is InChI=1S/C9H10ClN3O/c10-7-2-3-8(11-6-7)9(14)13-5-1-4-12-13/h2-3,6,12H,1,4-5H2. The summed E-state index contributed by atoms with van der Waals surface area (Å²) in [5, 5.41) is 2.12. The molecule has 1 amide bonds. The van der Waals surface area contributed by atoms with Gasteiger partial charge in [-0.25, -0.2) is 10.4 Å². The van der Waals surface area contributed by atoms with Crippen LogP contribution in [0.4, 0.5) is 0 Å². The number of hydrogen-bond acceptors (Lipinski definition) is 3. The van der Waals surface area contributed by atoms with Gasteiger partial charge in [0, 0.05) is 19.3 Å². The van der Waals surface area contributed by atoms with Crippen molar-refractivity contribution in [3.63, 3.8) is 0 Å². The third-order valence-corrected chi connectivity index (χ3v) is 2.28. The number of aromatic nitrogens is 1. The number of hydrogen-bond donors (Lipinski definition) is 1. The number of pyridine rings is 1. The molecule has 2 rings (SSSR count). The summed E-state index contributed by atoms with van der Waals surface area (Å²) in [6, 6.07) is 3.29.